The zero-order valence-electron chi connectivity index (χ0n) is 12.6. The summed E-state index contributed by atoms with van der Waals surface area (Å²) in [6.45, 7) is 0. The smallest absolute Gasteiger partial charge is 0.155 e. The highest BCUT2D eigenvalue weighted by molar-refractivity contribution is 5.89. The summed E-state index contributed by atoms with van der Waals surface area (Å²) in [6.07, 6.45) is 19.7. The first-order valence-electron chi connectivity index (χ1n) is 8.18. The summed E-state index contributed by atoms with van der Waals surface area (Å²) >= 11 is 0. The van der Waals surface area contributed by atoms with Crippen LogP contribution in [0.25, 0.3) is 0 Å². The number of rotatable bonds is 0. The van der Waals surface area contributed by atoms with E-state index < -0.39 is 0 Å². The Balaban J connectivity index is 2.32. The predicted octanol–water partition coefficient (Wildman–Crippen LogP) is 4.93. The first kappa shape index (κ1) is 16.9. The Kier molecular flexibility index (Phi) is 9.81. The molecule has 0 bridgehead atoms. The molecule has 0 aromatic rings. The Bertz CT molecular complexity index is 305. The van der Waals surface area contributed by atoms with Crippen molar-refractivity contribution in [3.8, 4) is 0 Å². The summed E-state index contributed by atoms with van der Waals surface area (Å²) in [4.78, 5) is 23.2. The van der Waals surface area contributed by atoms with E-state index in [4.69, 9.17) is 0 Å². The number of carbonyl (C=O) groups excluding carboxylic acids is 2. The van der Waals surface area contributed by atoms with Gasteiger partial charge in [0.25, 0.3) is 0 Å². The van der Waals surface area contributed by atoms with E-state index in [-0.39, 0.29) is 11.6 Å². The molecule has 0 aliphatic heterocycles. The van der Waals surface area contributed by atoms with E-state index in [0.29, 0.717) is 12.8 Å². The van der Waals surface area contributed by atoms with E-state index in [1.807, 2.05) is 12.2 Å². The standard InChI is InChI=1S/C18H28O2/c19-17-13-9-5-3-1-2-4-6-10-14-18(20)16-12-8-7-11-15-17/h9-10,13-14H,1-8,11-12,15-16H2/b13-9+,14-10+. The number of hydrogen-bond acceptors (Lipinski definition) is 2. The second-order valence-corrected chi connectivity index (χ2v) is 5.64. The van der Waals surface area contributed by atoms with E-state index in [1.54, 1.807) is 12.2 Å². The van der Waals surface area contributed by atoms with Gasteiger partial charge in [0.05, 0.1) is 0 Å². The molecule has 1 aliphatic rings. The molecule has 1 aliphatic carbocycles. The van der Waals surface area contributed by atoms with Gasteiger partial charge in [-0.05, 0) is 50.7 Å². The highest BCUT2D eigenvalue weighted by Crippen LogP contribution is 2.10. The van der Waals surface area contributed by atoms with Crippen molar-refractivity contribution >= 4 is 11.6 Å². The van der Waals surface area contributed by atoms with E-state index in [2.05, 4.69) is 0 Å². The molecule has 0 amide bonds. The molecule has 2 heteroatoms. The maximum Gasteiger partial charge on any atom is 0.155 e. The number of allylic oxidation sites excluding steroid dienone is 4. The molecular weight excluding hydrogens is 248 g/mol. The lowest BCUT2D eigenvalue weighted by atomic mass is 10.1. The predicted molar refractivity (Wildman–Crippen MR) is 83.7 cm³/mol. The monoisotopic (exact) mass is 276 g/mol. The van der Waals surface area contributed by atoms with Gasteiger partial charge in [0.1, 0.15) is 0 Å². The van der Waals surface area contributed by atoms with Crippen LogP contribution in [-0.4, -0.2) is 11.6 Å². The summed E-state index contributed by atoms with van der Waals surface area (Å²) < 4.78 is 0. The minimum absolute atomic E-state index is 0.255. The van der Waals surface area contributed by atoms with Crippen molar-refractivity contribution in [1.82, 2.24) is 0 Å². The van der Waals surface area contributed by atoms with Gasteiger partial charge < -0.3 is 0 Å². The van der Waals surface area contributed by atoms with Gasteiger partial charge >= 0.3 is 0 Å². The van der Waals surface area contributed by atoms with Gasteiger partial charge in [0, 0.05) is 12.8 Å². The Morgan fingerprint density at radius 1 is 0.550 bits per heavy atom. The summed E-state index contributed by atoms with van der Waals surface area (Å²) in [5, 5.41) is 0. The van der Waals surface area contributed by atoms with Crippen molar-refractivity contribution in [2.75, 3.05) is 0 Å². The first-order valence-corrected chi connectivity index (χ1v) is 8.18. The molecule has 0 heterocycles. The Labute approximate surface area is 123 Å². The van der Waals surface area contributed by atoms with Crippen LogP contribution in [0.5, 0.6) is 0 Å². The first-order chi connectivity index (χ1) is 9.79. The Morgan fingerprint density at radius 3 is 1.40 bits per heavy atom. The third kappa shape index (κ3) is 9.71. The minimum atomic E-state index is 0.255. The molecule has 0 spiro atoms. The van der Waals surface area contributed by atoms with Crippen LogP contribution < -0.4 is 0 Å². The lowest BCUT2D eigenvalue weighted by Gasteiger charge is -2.00. The van der Waals surface area contributed by atoms with Crippen molar-refractivity contribution in [2.45, 2.75) is 77.0 Å². The third-order valence-electron chi connectivity index (χ3n) is 3.70. The normalized spacial score (nSPS) is 24.6. The van der Waals surface area contributed by atoms with Crippen molar-refractivity contribution in [2.24, 2.45) is 0 Å². The van der Waals surface area contributed by atoms with Gasteiger partial charge in [0.2, 0.25) is 0 Å². The van der Waals surface area contributed by atoms with Crippen molar-refractivity contribution in [3.63, 3.8) is 0 Å². The Hall–Kier alpha value is -1.18. The summed E-state index contributed by atoms with van der Waals surface area (Å²) in [6, 6.07) is 0. The van der Waals surface area contributed by atoms with Crippen LogP contribution in [0.1, 0.15) is 77.0 Å². The zero-order chi connectivity index (χ0) is 14.5. The molecule has 0 radical (unpaired) electrons. The molecule has 0 N–H and O–H groups in total. The Morgan fingerprint density at radius 2 is 0.950 bits per heavy atom. The fourth-order valence-electron chi connectivity index (χ4n) is 2.43. The van der Waals surface area contributed by atoms with Crippen LogP contribution in [-0.2, 0) is 9.59 Å². The van der Waals surface area contributed by atoms with E-state index >= 15 is 0 Å². The number of hydrogen-bond donors (Lipinski definition) is 0. The van der Waals surface area contributed by atoms with Crippen molar-refractivity contribution in [1.29, 1.82) is 0 Å². The van der Waals surface area contributed by atoms with Crippen molar-refractivity contribution < 1.29 is 9.59 Å². The molecule has 20 heavy (non-hydrogen) atoms. The second-order valence-electron chi connectivity index (χ2n) is 5.64. The van der Waals surface area contributed by atoms with Crippen LogP contribution in [0, 0.1) is 0 Å². The van der Waals surface area contributed by atoms with Gasteiger partial charge in [0.15, 0.2) is 11.6 Å². The van der Waals surface area contributed by atoms with E-state index in [9.17, 15) is 9.59 Å². The largest absolute Gasteiger partial charge is 0.295 e. The molecule has 0 saturated heterocycles. The molecule has 1 rings (SSSR count). The van der Waals surface area contributed by atoms with Crippen molar-refractivity contribution in [3.05, 3.63) is 24.3 Å². The molecule has 0 aromatic carbocycles. The molecule has 0 fully saturated rings. The van der Waals surface area contributed by atoms with Gasteiger partial charge in [-0.15, -0.1) is 0 Å². The topological polar surface area (TPSA) is 34.1 Å². The van der Waals surface area contributed by atoms with Crippen LogP contribution in [0.4, 0.5) is 0 Å². The van der Waals surface area contributed by atoms with Gasteiger partial charge in [-0.1, -0.05) is 37.8 Å². The lowest BCUT2D eigenvalue weighted by molar-refractivity contribution is -0.115. The van der Waals surface area contributed by atoms with Gasteiger partial charge in [-0.25, -0.2) is 0 Å². The number of carbonyl (C=O) groups is 2. The van der Waals surface area contributed by atoms with Crippen LogP contribution in [0.15, 0.2) is 24.3 Å². The summed E-state index contributed by atoms with van der Waals surface area (Å²) in [5.74, 6) is 0.509. The zero-order valence-corrected chi connectivity index (χ0v) is 12.6. The molecule has 0 atom stereocenters. The number of ketones is 2. The van der Waals surface area contributed by atoms with Gasteiger partial charge in [-0.2, -0.15) is 0 Å². The molecule has 0 aromatic heterocycles. The molecule has 0 unspecified atom stereocenters. The minimum Gasteiger partial charge on any atom is -0.295 e. The quantitative estimate of drug-likeness (QED) is 0.628. The van der Waals surface area contributed by atoms with Crippen LogP contribution in [0.2, 0.25) is 0 Å². The highest BCUT2D eigenvalue weighted by Gasteiger charge is 2.00. The maximum absolute atomic E-state index is 11.6. The average molecular weight is 276 g/mol. The van der Waals surface area contributed by atoms with Crippen LogP contribution >= 0.6 is 0 Å². The fourth-order valence-corrected chi connectivity index (χ4v) is 2.43. The molecule has 2 nitrogen and oxygen atoms in total. The summed E-state index contributed by atoms with van der Waals surface area (Å²) in [7, 11) is 0. The molecule has 112 valence electrons. The third-order valence-corrected chi connectivity index (χ3v) is 3.70. The maximum atomic E-state index is 11.6. The van der Waals surface area contributed by atoms with Crippen LogP contribution in [0.3, 0.4) is 0 Å². The fraction of sp³-hybridized carbons (Fsp3) is 0.667. The molecular formula is C18H28O2. The second kappa shape index (κ2) is 11.6. The van der Waals surface area contributed by atoms with E-state index in [0.717, 1.165) is 51.4 Å². The molecule has 0 saturated carbocycles. The summed E-state index contributed by atoms with van der Waals surface area (Å²) in [5.41, 5.74) is 0. The lowest BCUT2D eigenvalue weighted by Crippen LogP contribution is -1.95. The SMILES string of the molecule is O=C1/C=C/CCCCCC/C=C/C(=O)CCCCCC1. The average Bonchev–Trinajstić information content (AvgIpc) is 2.43. The van der Waals surface area contributed by atoms with E-state index in [1.165, 1.54) is 12.8 Å². The van der Waals surface area contributed by atoms with Gasteiger partial charge in [-0.3, -0.25) is 9.59 Å². The highest BCUT2D eigenvalue weighted by atomic mass is 16.1.